The minimum Gasteiger partial charge on any atom is -0.394 e. The lowest BCUT2D eigenvalue weighted by Gasteiger charge is -2.39. The maximum absolute atomic E-state index is 10.4. The van der Waals surface area contributed by atoms with Gasteiger partial charge in [0.25, 0.3) is 0 Å². The van der Waals surface area contributed by atoms with Crippen LogP contribution in [0.2, 0.25) is 0 Å². The molecule has 8 bridgehead atoms. The third-order valence-electron chi connectivity index (χ3n) is 10.5. The highest BCUT2D eigenvalue weighted by atomic mass is 16.7. The predicted molar refractivity (Wildman–Crippen MR) is 188 cm³/mol. The number of nitrogens with zero attached hydrogens (tertiary/aromatic N) is 2. The highest BCUT2D eigenvalue weighted by molar-refractivity contribution is 5.93. The Bertz CT molecular complexity index is 1910. The number of aromatic amines is 2. The van der Waals surface area contributed by atoms with Crippen LogP contribution in [0.3, 0.4) is 0 Å². The monoisotopic (exact) mass is 656 g/mol. The summed E-state index contributed by atoms with van der Waals surface area (Å²) < 4.78 is 11.4. The zero-order valence-electron chi connectivity index (χ0n) is 28.7. The quantitative estimate of drug-likeness (QED) is 0.169. The Morgan fingerprint density at radius 3 is 2.31 bits per heavy atom. The zero-order valence-corrected chi connectivity index (χ0v) is 28.7. The fraction of sp³-hybridized carbons (Fsp3) is 0.474. The minimum atomic E-state index is -1.47. The maximum atomic E-state index is 10.4. The second-order valence-corrected chi connectivity index (χ2v) is 13.4. The Labute approximate surface area is 281 Å². The van der Waals surface area contributed by atoms with E-state index in [1.807, 2.05) is 6.08 Å². The number of H-pyrrole nitrogens is 2. The van der Waals surface area contributed by atoms with Gasteiger partial charge in [0.1, 0.15) is 24.4 Å². The van der Waals surface area contributed by atoms with Crippen molar-refractivity contribution in [2.75, 3.05) is 13.2 Å². The summed E-state index contributed by atoms with van der Waals surface area (Å²) in [6, 6.07) is 8.61. The minimum absolute atomic E-state index is 0.0924. The van der Waals surface area contributed by atoms with Crippen LogP contribution in [-0.2, 0) is 9.47 Å². The molecule has 3 aliphatic heterocycles. The summed E-state index contributed by atoms with van der Waals surface area (Å²) in [5.41, 5.74) is 14.7. The van der Waals surface area contributed by atoms with Crippen molar-refractivity contribution in [2.45, 2.75) is 103 Å². The van der Waals surface area contributed by atoms with Gasteiger partial charge < -0.3 is 39.9 Å². The summed E-state index contributed by atoms with van der Waals surface area (Å²) in [5.74, 6) is 0.199. The lowest BCUT2D eigenvalue weighted by atomic mass is 9.86. The van der Waals surface area contributed by atoms with Gasteiger partial charge in [0.15, 0.2) is 6.29 Å². The summed E-state index contributed by atoms with van der Waals surface area (Å²) in [4.78, 5) is 17.7. The average Bonchev–Trinajstić information content (AvgIpc) is 3.77. The van der Waals surface area contributed by atoms with E-state index in [9.17, 15) is 20.4 Å². The van der Waals surface area contributed by atoms with Crippen LogP contribution in [0.15, 0.2) is 30.8 Å². The molecular weight excluding hydrogens is 608 g/mol. The van der Waals surface area contributed by atoms with Gasteiger partial charge >= 0.3 is 0 Å². The number of aromatic nitrogens is 4. The summed E-state index contributed by atoms with van der Waals surface area (Å²) >= 11 is 0. The van der Waals surface area contributed by atoms with Crippen LogP contribution in [0.5, 0.6) is 0 Å². The topological polar surface area (TPSA) is 157 Å². The summed E-state index contributed by atoms with van der Waals surface area (Å²) in [6.07, 6.45) is -2.31. The van der Waals surface area contributed by atoms with E-state index >= 15 is 0 Å². The molecule has 6 heterocycles. The number of ether oxygens (including phenoxy) is 2. The van der Waals surface area contributed by atoms with Gasteiger partial charge in [0.2, 0.25) is 0 Å². The molecule has 10 nitrogen and oxygen atoms in total. The molecule has 0 aliphatic carbocycles. The third-order valence-corrected chi connectivity index (χ3v) is 10.5. The SMILES string of the molecule is C=Cc1c(C)c2cc3nc(c(C)c4cc(C)c(cc5nc(cc1[nH]2)C(C)=C5CC)[nH]4)[C@@H](CCCO[C@@H]1O[C@H](CO)[C@@H](O)[C@H](O)[C@H]1O)[C@@H]3C. The van der Waals surface area contributed by atoms with Gasteiger partial charge in [-0.05, 0) is 99.1 Å². The molecule has 7 atom stereocenters. The van der Waals surface area contributed by atoms with Gasteiger partial charge in [-0.2, -0.15) is 0 Å². The first-order valence-electron chi connectivity index (χ1n) is 16.9. The number of aliphatic hydroxyl groups is 4. The average molecular weight is 657 g/mol. The number of hydrogen-bond donors (Lipinski definition) is 6. The Kier molecular flexibility index (Phi) is 9.77. The standard InChI is InChI=1S/C38H48N4O6/c1-8-23-20(5)29-16-32-24(9-2)19(4)28(40-32)15-30-21(6)25(11-10-12-47-38-37(46)36(45)35(44)33(17-43)48-38)34(42-30)22(7)27-13-18(3)26(39-27)14-31(23)41-29/h9,13-16,21,25,33,35-40,43-46H,2,8,10-12,17H2,1,3-7H3/t21-,25-,33+,35+,36-,37+,38+/m0/s1. The number of aryl methyl sites for hydroxylation is 3. The molecule has 0 aromatic carbocycles. The van der Waals surface area contributed by atoms with Crippen LogP contribution in [0.25, 0.3) is 39.3 Å². The predicted octanol–water partition coefficient (Wildman–Crippen LogP) is 5.71. The fourth-order valence-electron chi connectivity index (χ4n) is 7.38. The number of fused-ring (bicyclic) bond motifs is 8. The van der Waals surface area contributed by atoms with Gasteiger partial charge in [0.05, 0.1) is 18.0 Å². The van der Waals surface area contributed by atoms with Crippen LogP contribution >= 0.6 is 0 Å². The highest BCUT2D eigenvalue weighted by Crippen LogP contribution is 2.42. The van der Waals surface area contributed by atoms with E-state index in [-0.39, 0.29) is 18.4 Å². The highest BCUT2D eigenvalue weighted by Gasteiger charge is 2.44. The van der Waals surface area contributed by atoms with Crippen molar-refractivity contribution in [2.24, 2.45) is 0 Å². The molecule has 0 spiro atoms. The Morgan fingerprint density at radius 1 is 0.896 bits per heavy atom. The molecule has 3 aromatic heterocycles. The van der Waals surface area contributed by atoms with Crippen LogP contribution in [0.4, 0.5) is 0 Å². The van der Waals surface area contributed by atoms with Gasteiger partial charge in [0, 0.05) is 57.5 Å². The fourth-order valence-corrected chi connectivity index (χ4v) is 7.38. The number of nitrogens with one attached hydrogen (secondary N) is 2. The van der Waals surface area contributed by atoms with E-state index in [1.165, 1.54) is 11.1 Å². The molecule has 0 unspecified atom stereocenters. The van der Waals surface area contributed by atoms with E-state index in [2.05, 4.69) is 82.4 Å². The van der Waals surface area contributed by atoms with E-state index in [1.54, 1.807) is 0 Å². The second-order valence-electron chi connectivity index (χ2n) is 13.4. The summed E-state index contributed by atoms with van der Waals surface area (Å²) in [5, 5.41) is 40.2. The lowest BCUT2D eigenvalue weighted by molar-refractivity contribution is -0.301. The number of hydrogen-bond acceptors (Lipinski definition) is 8. The molecule has 48 heavy (non-hydrogen) atoms. The molecule has 10 heteroatoms. The van der Waals surface area contributed by atoms with Crippen molar-refractivity contribution < 1.29 is 29.9 Å². The van der Waals surface area contributed by atoms with Crippen molar-refractivity contribution in [3.8, 4) is 0 Å². The van der Waals surface area contributed by atoms with Crippen molar-refractivity contribution >= 4 is 39.3 Å². The van der Waals surface area contributed by atoms with Gasteiger partial charge in [-0.1, -0.05) is 26.5 Å². The molecular formula is C38H48N4O6. The Balaban J connectivity index is 1.42. The summed E-state index contributed by atoms with van der Waals surface area (Å²) in [6.45, 7) is 16.7. The Morgan fingerprint density at radius 2 is 1.60 bits per heavy atom. The first-order valence-corrected chi connectivity index (χ1v) is 16.9. The third kappa shape index (κ3) is 6.06. The van der Waals surface area contributed by atoms with Crippen LogP contribution in [-0.4, -0.2) is 84.3 Å². The zero-order chi connectivity index (χ0) is 34.4. The van der Waals surface area contributed by atoms with Crippen molar-refractivity contribution in [1.29, 1.82) is 0 Å². The van der Waals surface area contributed by atoms with Gasteiger partial charge in [-0.25, -0.2) is 4.98 Å². The normalized spacial score (nSPS) is 25.9. The molecule has 1 fully saturated rings. The molecule has 3 aromatic rings. The molecule has 0 saturated carbocycles. The van der Waals surface area contributed by atoms with E-state index in [0.717, 1.165) is 79.9 Å². The van der Waals surface area contributed by atoms with Crippen molar-refractivity contribution in [3.05, 3.63) is 75.9 Å². The smallest absolute Gasteiger partial charge is 0.186 e. The van der Waals surface area contributed by atoms with Gasteiger partial charge in [-0.3, -0.25) is 4.98 Å². The Hall–Kier alpha value is -3.64. The van der Waals surface area contributed by atoms with E-state index in [0.29, 0.717) is 6.42 Å². The van der Waals surface area contributed by atoms with E-state index < -0.39 is 37.3 Å². The summed E-state index contributed by atoms with van der Waals surface area (Å²) in [7, 11) is 0. The maximum Gasteiger partial charge on any atom is 0.186 e. The number of rotatable bonds is 8. The van der Waals surface area contributed by atoms with Crippen LogP contribution < -0.4 is 0 Å². The van der Waals surface area contributed by atoms with E-state index in [4.69, 9.17) is 19.4 Å². The lowest BCUT2D eigenvalue weighted by Crippen LogP contribution is -2.59. The molecule has 3 aliphatic rings. The van der Waals surface area contributed by atoms with Crippen molar-refractivity contribution in [1.82, 2.24) is 19.9 Å². The first kappa shape index (κ1) is 34.2. The number of aliphatic hydroxyl groups excluding tert-OH is 4. The van der Waals surface area contributed by atoms with Crippen LogP contribution in [0.1, 0.15) is 96.9 Å². The second kappa shape index (κ2) is 13.7. The molecule has 1 saturated heterocycles. The molecule has 0 amide bonds. The van der Waals surface area contributed by atoms with Crippen molar-refractivity contribution in [3.63, 3.8) is 0 Å². The van der Waals surface area contributed by atoms with Gasteiger partial charge in [-0.15, -0.1) is 0 Å². The largest absolute Gasteiger partial charge is 0.394 e. The van der Waals surface area contributed by atoms with Crippen LogP contribution in [0, 0.1) is 20.8 Å². The molecule has 0 radical (unpaired) electrons. The number of allylic oxidation sites excluding steroid dienone is 2. The molecule has 256 valence electrons. The molecule has 6 N–H and O–H groups in total. The molecule has 6 rings (SSSR count). The first-order chi connectivity index (χ1) is 23.0.